The molecule has 1 aromatic rings. The summed E-state index contributed by atoms with van der Waals surface area (Å²) in [5, 5.41) is 8.85. The van der Waals surface area contributed by atoms with Gasteiger partial charge in [-0.3, -0.25) is 5.32 Å². The van der Waals surface area contributed by atoms with Crippen LogP contribution in [0.1, 0.15) is 18.4 Å². The molecule has 1 aliphatic heterocycles. The lowest BCUT2D eigenvalue weighted by molar-refractivity contribution is 0.241. The van der Waals surface area contributed by atoms with Crippen LogP contribution in [0.3, 0.4) is 0 Å². The first-order valence-electron chi connectivity index (χ1n) is 7.86. The standard InChI is InChI=1S/C17H24N4OS/c1-23-16(15-5-3-2-4-6-15)12-19-13-21-17(22)20-11-14-7-9-18-10-8-14/h2-6,12-14,18H,7-11H2,1H3,(H2,19,20,21,22)/b16-12-. The molecule has 0 bridgehead atoms. The third kappa shape index (κ3) is 6.46. The zero-order chi connectivity index (χ0) is 16.3. The number of rotatable bonds is 6. The van der Waals surface area contributed by atoms with Gasteiger partial charge in [-0.1, -0.05) is 30.3 Å². The summed E-state index contributed by atoms with van der Waals surface area (Å²) in [5.74, 6) is 0.569. The van der Waals surface area contributed by atoms with E-state index in [0.717, 1.165) is 42.9 Å². The Morgan fingerprint density at radius 3 is 2.78 bits per heavy atom. The lowest BCUT2D eigenvalue weighted by Crippen LogP contribution is -2.40. The quantitative estimate of drug-likeness (QED) is 0.554. The van der Waals surface area contributed by atoms with Crippen LogP contribution in [0.4, 0.5) is 4.79 Å². The van der Waals surface area contributed by atoms with Crippen molar-refractivity contribution >= 4 is 29.0 Å². The van der Waals surface area contributed by atoms with E-state index in [0.29, 0.717) is 5.92 Å². The van der Waals surface area contributed by atoms with Gasteiger partial charge in [0.25, 0.3) is 0 Å². The van der Waals surface area contributed by atoms with Gasteiger partial charge >= 0.3 is 6.03 Å². The predicted molar refractivity (Wildman–Crippen MR) is 98.6 cm³/mol. The van der Waals surface area contributed by atoms with Gasteiger partial charge in [-0.2, -0.15) is 0 Å². The topological polar surface area (TPSA) is 65.5 Å². The molecule has 1 saturated heterocycles. The van der Waals surface area contributed by atoms with Crippen LogP contribution in [0.25, 0.3) is 4.91 Å². The fraction of sp³-hybridized carbons (Fsp3) is 0.412. The Morgan fingerprint density at radius 1 is 1.35 bits per heavy atom. The van der Waals surface area contributed by atoms with E-state index in [1.165, 1.54) is 6.34 Å². The molecule has 1 aliphatic rings. The predicted octanol–water partition coefficient (Wildman–Crippen LogP) is 2.68. The first-order valence-corrected chi connectivity index (χ1v) is 9.08. The molecule has 1 heterocycles. The van der Waals surface area contributed by atoms with Gasteiger partial charge in [0, 0.05) is 17.6 Å². The van der Waals surface area contributed by atoms with Crippen molar-refractivity contribution in [3.63, 3.8) is 0 Å². The Kier molecular flexibility index (Phi) is 7.69. The Labute approximate surface area is 142 Å². The number of carbonyl (C=O) groups is 1. The van der Waals surface area contributed by atoms with Gasteiger partial charge in [-0.25, -0.2) is 9.79 Å². The summed E-state index contributed by atoms with van der Waals surface area (Å²) in [6.45, 7) is 2.80. The molecule has 1 fully saturated rings. The number of carbonyl (C=O) groups excluding carboxylic acids is 1. The van der Waals surface area contributed by atoms with E-state index in [1.54, 1.807) is 18.0 Å². The van der Waals surface area contributed by atoms with Crippen molar-refractivity contribution in [1.29, 1.82) is 0 Å². The fourth-order valence-electron chi connectivity index (χ4n) is 2.42. The van der Waals surface area contributed by atoms with Gasteiger partial charge in [-0.15, -0.1) is 11.8 Å². The van der Waals surface area contributed by atoms with Crippen molar-refractivity contribution in [2.24, 2.45) is 10.9 Å². The molecule has 2 amide bonds. The highest BCUT2D eigenvalue weighted by Gasteiger charge is 2.13. The molecular formula is C17H24N4OS. The minimum absolute atomic E-state index is 0.203. The molecule has 3 N–H and O–H groups in total. The number of urea groups is 1. The minimum atomic E-state index is -0.203. The normalized spacial score (nSPS) is 16.5. The van der Waals surface area contributed by atoms with E-state index in [4.69, 9.17) is 0 Å². The second-order valence-electron chi connectivity index (χ2n) is 5.39. The minimum Gasteiger partial charge on any atom is -0.338 e. The van der Waals surface area contributed by atoms with Crippen molar-refractivity contribution < 1.29 is 4.79 Å². The molecule has 0 aliphatic carbocycles. The Balaban J connectivity index is 1.74. The van der Waals surface area contributed by atoms with Crippen LogP contribution >= 0.6 is 11.8 Å². The van der Waals surface area contributed by atoms with Crippen molar-refractivity contribution in [3.8, 4) is 0 Å². The summed E-state index contributed by atoms with van der Waals surface area (Å²) in [6.07, 6.45) is 7.42. The van der Waals surface area contributed by atoms with Crippen molar-refractivity contribution in [2.45, 2.75) is 12.8 Å². The highest BCUT2D eigenvalue weighted by molar-refractivity contribution is 8.07. The van der Waals surface area contributed by atoms with E-state index in [1.807, 2.05) is 36.6 Å². The Morgan fingerprint density at radius 2 is 2.09 bits per heavy atom. The van der Waals surface area contributed by atoms with Gasteiger partial charge in [0.2, 0.25) is 0 Å². The summed E-state index contributed by atoms with van der Waals surface area (Å²) >= 11 is 1.62. The summed E-state index contributed by atoms with van der Waals surface area (Å²) in [5.41, 5.74) is 1.12. The zero-order valence-electron chi connectivity index (χ0n) is 13.4. The van der Waals surface area contributed by atoms with Crippen LogP contribution in [-0.2, 0) is 0 Å². The van der Waals surface area contributed by atoms with Crippen LogP contribution < -0.4 is 16.0 Å². The van der Waals surface area contributed by atoms with E-state index < -0.39 is 0 Å². The van der Waals surface area contributed by atoms with Crippen molar-refractivity contribution in [2.75, 3.05) is 25.9 Å². The molecule has 0 aromatic heterocycles. The lowest BCUT2D eigenvalue weighted by atomic mass is 9.98. The van der Waals surface area contributed by atoms with Gasteiger partial charge in [0.15, 0.2) is 0 Å². The molecule has 0 unspecified atom stereocenters. The molecule has 0 atom stereocenters. The molecule has 5 nitrogen and oxygen atoms in total. The molecule has 124 valence electrons. The van der Waals surface area contributed by atoms with Crippen LogP contribution in [0.2, 0.25) is 0 Å². The van der Waals surface area contributed by atoms with E-state index >= 15 is 0 Å². The van der Waals surface area contributed by atoms with Crippen molar-refractivity contribution in [1.82, 2.24) is 16.0 Å². The zero-order valence-corrected chi connectivity index (χ0v) is 14.2. The number of aliphatic imine (C=N–C) groups is 1. The third-order valence-corrected chi connectivity index (χ3v) is 4.53. The molecule has 23 heavy (non-hydrogen) atoms. The molecule has 1 aromatic carbocycles. The largest absolute Gasteiger partial charge is 0.338 e. The summed E-state index contributed by atoms with van der Waals surface area (Å²) in [4.78, 5) is 16.9. The first-order chi connectivity index (χ1) is 11.3. The maximum absolute atomic E-state index is 11.7. The van der Waals surface area contributed by atoms with Gasteiger partial charge in [-0.05, 0) is 43.7 Å². The molecule has 0 saturated carbocycles. The first kappa shape index (κ1) is 17.6. The average Bonchev–Trinajstić information content (AvgIpc) is 2.61. The highest BCUT2D eigenvalue weighted by atomic mass is 32.2. The number of nitrogens with zero attached hydrogens (tertiary/aromatic N) is 1. The number of nitrogens with one attached hydrogen (secondary N) is 3. The number of hydrogen-bond donors (Lipinski definition) is 3. The van der Waals surface area contributed by atoms with Gasteiger partial charge in [0.05, 0.1) is 6.34 Å². The third-order valence-electron chi connectivity index (χ3n) is 3.75. The number of amides is 2. The van der Waals surface area contributed by atoms with Gasteiger partial charge < -0.3 is 10.6 Å². The van der Waals surface area contributed by atoms with Crippen LogP contribution in [0.5, 0.6) is 0 Å². The van der Waals surface area contributed by atoms with E-state index in [2.05, 4.69) is 20.9 Å². The average molecular weight is 332 g/mol. The summed E-state index contributed by atoms with van der Waals surface area (Å²) in [7, 11) is 0. The SMILES string of the molecule is CS/C(=C\N=CNC(=O)NCC1CCNCC1)c1ccccc1. The molecular weight excluding hydrogens is 308 g/mol. The Bertz CT molecular complexity index is 539. The number of piperidine rings is 1. The fourth-order valence-corrected chi connectivity index (χ4v) is 2.96. The van der Waals surface area contributed by atoms with Crippen LogP contribution in [0, 0.1) is 5.92 Å². The Hall–Kier alpha value is -1.79. The molecule has 2 rings (SSSR count). The van der Waals surface area contributed by atoms with Crippen LogP contribution in [0.15, 0.2) is 41.5 Å². The van der Waals surface area contributed by atoms with Gasteiger partial charge in [0.1, 0.15) is 0 Å². The summed E-state index contributed by atoms with van der Waals surface area (Å²) in [6, 6.07) is 9.85. The maximum Gasteiger partial charge on any atom is 0.319 e. The van der Waals surface area contributed by atoms with E-state index in [-0.39, 0.29) is 6.03 Å². The lowest BCUT2D eigenvalue weighted by Gasteiger charge is -2.22. The highest BCUT2D eigenvalue weighted by Crippen LogP contribution is 2.24. The second-order valence-corrected chi connectivity index (χ2v) is 6.24. The van der Waals surface area contributed by atoms with E-state index in [9.17, 15) is 4.79 Å². The number of hydrogen-bond acceptors (Lipinski definition) is 4. The van der Waals surface area contributed by atoms with Crippen molar-refractivity contribution in [3.05, 3.63) is 42.1 Å². The second kappa shape index (κ2) is 10.1. The summed E-state index contributed by atoms with van der Waals surface area (Å²) < 4.78 is 0. The molecule has 0 spiro atoms. The smallest absolute Gasteiger partial charge is 0.319 e. The number of benzene rings is 1. The van der Waals surface area contributed by atoms with Crippen LogP contribution in [-0.4, -0.2) is 38.3 Å². The number of thioether (sulfide) groups is 1. The monoisotopic (exact) mass is 332 g/mol. The molecule has 0 radical (unpaired) electrons. The maximum atomic E-state index is 11.7. The molecule has 6 heteroatoms.